The van der Waals surface area contributed by atoms with E-state index in [1.165, 1.54) is 38.2 Å². The molecule has 1 aliphatic carbocycles. The number of anilines is 1. The molecule has 6 heteroatoms. The average Bonchev–Trinajstić information content (AvgIpc) is 3.10. The third kappa shape index (κ3) is 3.88. The Labute approximate surface area is 136 Å². The first-order valence-corrected chi connectivity index (χ1v) is 8.40. The first-order chi connectivity index (χ1) is 11.2. The Kier molecular flexibility index (Phi) is 4.91. The van der Waals surface area contributed by atoms with Crippen LogP contribution in [0.2, 0.25) is 0 Å². The second kappa shape index (κ2) is 7.08. The Morgan fingerprint density at radius 1 is 1.30 bits per heavy atom. The van der Waals surface area contributed by atoms with Crippen LogP contribution in [0.15, 0.2) is 18.5 Å². The molecule has 0 aromatic carbocycles. The fourth-order valence-corrected chi connectivity index (χ4v) is 3.86. The second-order valence-electron chi connectivity index (χ2n) is 6.54. The fourth-order valence-electron chi connectivity index (χ4n) is 3.86. The average molecular weight is 316 g/mol. The predicted molar refractivity (Wildman–Crippen MR) is 89.1 cm³/mol. The van der Waals surface area contributed by atoms with Gasteiger partial charge >= 0.3 is 5.97 Å². The predicted octanol–water partition coefficient (Wildman–Crippen LogP) is 2.30. The summed E-state index contributed by atoms with van der Waals surface area (Å²) < 4.78 is 0. The van der Waals surface area contributed by atoms with Gasteiger partial charge in [0.1, 0.15) is 5.82 Å². The number of carbonyl (C=O) groups is 1. The van der Waals surface area contributed by atoms with E-state index < -0.39 is 5.97 Å². The summed E-state index contributed by atoms with van der Waals surface area (Å²) in [7, 11) is 0. The third-order valence-corrected chi connectivity index (χ3v) is 5.00. The van der Waals surface area contributed by atoms with E-state index in [1.54, 1.807) is 12.4 Å². The van der Waals surface area contributed by atoms with E-state index in [0.29, 0.717) is 11.6 Å². The highest BCUT2D eigenvalue weighted by Crippen LogP contribution is 2.39. The highest BCUT2D eigenvalue weighted by molar-refractivity contribution is 5.84. The molecule has 1 atom stereocenters. The highest BCUT2D eigenvalue weighted by atomic mass is 16.4. The molecule has 0 bridgehead atoms. The Morgan fingerprint density at radius 2 is 2.13 bits per heavy atom. The summed E-state index contributed by atoms with van der Waals surface area (Å²) in [6.45, 7) is 2.06. The second-order valence-corrected chi connectivity index (χ2v) is 6.54. The maximum absolute atomic E-state index is 10.5. The molecule has 3 N–H and O–H groups in total. The summed E-state index contributed by atoms with van der Waals surface area (Å²) in [5.41, 5.74) is 0.622. The molecular weight excluding hydrogens is 292 g/mol. The molecule has 124 valence electrons. The molecule has 6 nitrogen and oxygen atoms in total. The topological polar surface area (TPSA) is 87.1 Å². The molecule has 1 aromatic rings. The summed E-state index contributed by atoms with van der Waals surface area (Å²) in [5.74, 6) is 0.472. The van der Waals surface area contributed by atoms with Crippen LogP contribution in [0.25, 0.3) is 6.08 Å². The molecule has 3 rings (SSSR count). The molecule has 23 heavy (non-hydrogen) atoms. The zero-order chi connectivity index (χ0) is 16.1. The number of carboxylic acids is 1. The van der Waals surface area contributed by atoms with Crippen molar-refractivity contribution in [2.45, 2.75) is 44.1 Å². The van der Waals surface area contributed by atoms with E-state index >= 15 is 0 Å². The normalized spacial score (nSPS) is 25.7. The number of nitrogens with zero attached hydrogens (tertiary/aromatic N) is 2. The van der Waals surface area contributed by atoms with E-state index in [4.69, 9.17) is 5.11 Å². The smallest absolute Gasteiger partial charge is 0.328 e. The van der Waals surface area contributed by atoms with Gasteiger partial charge in [-0.1, -0.05) is 12.8 Å². The summed E-state index contributed by atoms with van der Waals surface area (Å²) in [6.07, 6.45) is 13.4. The molecule has 0 amide bonds. The zero-order valence-electron chi connectivity index (χ0n) is 13.3. The number of nitrogens with one attached hydrogen (secondary N) is 2. The lowest BCUT2D eigenvalue weighted by atomic mass is 9.77. The lowest BCUT2D eigenvalue weighted by molar-refractivity contribution is -0.131. The maximum atomic E-state index is 10.5. The van der Waals surface area contributed by atoms with Gasteiger partial charge in [-0.2, -0.15) is 0 Å². The lowest BCUT2D eigenvalue weighted by Crippen LogP contribution is -2.55. The van der Waals surface area contributed by atoms with Crippen molar-refractivity contribution in [2.75, 3.05) is 18.4 Å². The monoisotopic (exact) mass is 316 g/mol. The number of carboxylic acid groups (broad SMARTS) is 1. The Morgan fingerprint density at radius 3 is 2.74 bits per heavy atom. The molecule has 1 aliphatic heterocycles. The maximum Gasteiger partial charge on any atom is 0.328 e. The number of rotatable bonds is 5. The molecule has 1 saturated heterocycles. The van der Waals surface area contributed by atoms with Gasteiger partial charge in [0.15, 0.2) is 0 Å². The van der Waals surface area contributed by atoms with Crippen molar-refractivity contribution in [1.82, 2.24) is 15.3 Å². The van der Waals surface area contributed by atoms with Crippen molar-refractivity contribution in [2.24, 2.45) is 5.92 Å². The number of hydrogen-bond acceptors (Lipinski definition) is 5. The van der Waals surface area contributed by atoms with E-state index in [-0.39, 0.29) is 5.54 Å². The van der Waals surface area contributed by atoms with Crippen molar-refractivity contribution < 1.29 is 9.90 Å². The summed E-state index contributed by atoms with van der Waals surface area (Å²) in [6, 6.07) is 0. The van der Waals surface area contributed by atoms with E-state index in [0.717, 1.165) is 31.4 Å². The Hall–Kier alpha value is -1.95. The molecule has 0 radical (unpaired) electrons. The largest absolute Gasteiger partial charge is 0.478 e. The fraction of sp³-hybridized carbons (Fsp3) is 0.588. The first-order valence-electron chi connectivity index (χ1n) is 8.40. The van der Waals surface area contributed by atoms with Gasteiger partial charge in [0, 0.05) is 12.6 Å². The minimum Gasteiger partial charge on any atom is -0.478 e. The molecule has 2 heterocycles. The van der Waals surface area contributed by atoms with Gasteiger partial charge in [0.2, 0.25) is 0 Å². The van der Waals surface area contributed by atoms with Crippen molar-refractivity contribution in [3.05, 3.63) is 24.2 Å². The van der Waals surface area contributed by atoms with Crippen molar-refractivity contribution in [1.29, 1.82) is 0 Å². The molecule has 1 aromatic heterocycles. The van der Waals surface area contributed by atoms with Crippen LogP contribution in [0.3, 0.4) is 0 Å². The van der Waals surface area contributed by atoms with Gasteiger partial charge in [-0.25, -0.2) is 9.78 Å². The van der Waals surface area contributed by atoms with Crippen LogP contribution in [0.4, 0.5) is 5.82 Å². The van der Waals surface area contributed by atoms with Crippen molar-refractivity contribution in [3.63, 3.8) is 0 Å². The van der Waals surface area contributed by atoms with Gasteiger partial charge in [-0.05, 0) is 44.2 Å². The molecule has 2 aliphatic rings. The van der Waals surface area contributed by atoms with Crippen LogP contribution in [0.1, 0.15) is 44.2 Å². The summed E-state index contributed by atoms with van der Waals surface area (Å²) >= 11 is 0. The minimum atomic E-state index is -0.984. The number of piperidine rings is 1. The minimum absolute atomic E-state index is 0.0713. The zero-order valence-corrected chi connectivity index (χ0v) is 13.3. The Balaban J connectivity index is 1.73. The van der Waals surface area contributed by atoms with Crippen LogP contribution in [-0.2, 0) is 4.79 Å². The third-order valence-electron chi connectivity index (χ3n) is 5.00. The molecule has 0 spiro atoms. The van der Waals surface area contributed by atoms with E-state index in [2.05, 4.69) is 20.6 Å². The number of aliphatic carboxylic acids is 1. The van der Waals surface area contributed by atoms with Gasteiger partial charge < -0.3 is 15.7 Å². The number of aromatic nitrogens is 2. The Bertz CT molecular complexity index is 558. The molecular formula is C17H24N4O2. The summed E-state index contributed by atoms with van der Waals surface area (Å²) in [4.78, 5) is 19.2. The van der Waals surface area contributed by atoms with E-state index in [1.807, 2.05) is 0 Å². The van der Waals surface area contributed by atoms with Gasteiger partial charge in [0.25, 0.3) is 0 Å². The SMILES string of the molecule is O=C(O)/C=C/c1cnc(N[C@@]2(C3CCCC3)CCCNC2)cn1. The number of hydrogen-bond donors (Lipinski definition) is 3. The van der Waals surface area contributed by atoms with Crippen LogP contribution < -0.4 is 10.6 Å². The highest BCUT2D eigenvalue weighted by Gasteiger charge is 2.41. The molecule has 0 unspecified atom stereocenters. The van der Waals surface area contributed by atoms with Gasteiger partial charge in [-0.3, -0.25) is 4.98 Å². The quantitative estimate of drug-likeness (QED) is 0.723. The van der Waals surface area contributed by atoms with Gasteiger partial charge in [-0.15, -0.1) is 0 Å². The van der Waals surface area contributed by atoms with Crippen LogP contribution in [0, 0.1) is 5.92 Å². The standard InChI is InChI=1S/C17H24N4O2/c22-16(23)7-6-14-10-20-15(11-19-14)21-17(8-3-9-18-12-17)13-4-1-2-5-13/h6-7,10-11,13,18H,1-5,8-9,12H2,(H,20,21)(H,22,23)/b7-6+/t17-/m0/s1. The van der Waals surface area contributed by atoms with Crippen LogP contribution in [0.5, 0.6) is 0 Å². The molecule has 1 saturated carbocycles. The van der Waals surface area contributed by atoms with Crippen LogP contribution in [-0.4, -0.2) is 39.7 Å². The summed E-state index contributed by atoms with van der Waals surface area (Å²) in [5, 5.41) is 15.8. The first kappa shape index (κ1) is 15.9. The van der Waals surface area contributed by atoms with Crippen molar-refractivity contribution >= 4 is 17.9 Å². The van der Waals surface area contributed by atoms with E-state index in [9.17, 15) is 4.79 Å². The molecule has 2 fully saturated rings. The van der Waals surface area contributed by atoms with Crippen LogP contribution >= 0.6 is 0 Å². The van der Waals surface area contributed by atoms with Crippen molar-refractivity contribution in [3.8, 4) is 0 Å². The van der Waals surface area contributed by atoms with Gasteiger partial charge in [0.05, 0.1) is 23.6 Å². The lowest BCUT2D eigenvalue weighted by Gasteiger charge is -2.43.